The molecule has 0 aliphatic rings. The molecular weight excluding hydrogens is 537 g/mol. The SMILES string of the molecule is O=C(Nc1ccn(COP(O)O)c(=O)c1)c1cc(C(F)(F)F)ccc1Oc1ccc(OC(F)(F)F)cc1. The number of anilines is 1. The van der Waals surface area contributed by atoms with E-state index in [1.54, 1.807) is 0 Å². The van der Waals surface area contributed by atoms with E-state index in [2.05, 4.69) is 14.6 Å². The molecule has 0 bridgehead atoms. The number of carbonyl (C=O) groups is 1. The molecular formula is C21H15F6N2O7P. The van der Waals surface area contributed by atoms with E-state index in [0.717, 1.165) is 47.2 Å². The van der Waals surface area contributed by atoms with Gasteiger partial charge in [-0.25, -0.2) is 0 Å². The highest BCUT2D eigenvalue weighted by molar-refractivity contribution is 7.39. The van der Waals surface area contributed by atoms with E-state index < -0.39 is 56.2 Å². The number of aromatic nitrogens is 1. The monoisotopic (exact) mass is 552 g/mol. The predicted molar refractivity (Wildman–Crippen MR) is 116 cm³/mol. The molecule has 1 amide bonds. The molecule has 0 aliphatic carbocycles. The first-order chi connectivity index (χ1) is 17.2. The molecule has 0 atom stereocenters. The molecule has 0 fully saturated rings. The number of pyridine rings is 1. The van der Waals surface area contributed by atoms with Gasteiger partial charge in [0.1, 0.15) is 24.0 Å². The lowest BCUT2D eigenvalue weighted by molar-refractivity contribution is -0.274. The largest absolute Gasteiger partial charge is 0.573 e. The van der Waals surface area contributed by atoms with Crippen molar-refractivity contribution in [3.05, 3.63) is 82.3 Å². The summed E-state index contributed by atoms with van der Waals surface area (Å²) in [5.41, 5.74) is -2.63. The summed E-state index contributed by atoms with van der Waals surface area (Å²) in [6.45, 7) is -0.510. The Morgan fingerprint density at radius 2 is 1.59 bits per heavy atom. The molecule has 198 valence electrons. The second-order valence-electron chi connectivity index (χ2n) is 7.02. The van der Waals surface area contributed by atoms with Crippen LogP contribution < -0.4 is 20.3 Å². The quantitative estimate of drug-likeness (QED) is 0.266. The number of amides is 1. The summed E-state index contributed by atoms with van der Waals surface area (Å²) in [6, 6.07) is 8.02. The number of nitrogens with zero attached hydrogens (tertiary/aromatic N) is 1. The van der Waals surface area contributed by atoms with Gasteiger partial charge in [0.05, 0.1) is 11.1 Å². The number of rotatable bonds is 8. The van der Waals surface area contributed by atoms with Gasteiger partial charge in [0.15, 0.2) is 0 Å². The van der Waals surface area contributed by atoms with Crippen molar-refractivity contribution >= 4 is 20.2 Å². The highest BCUT2D eigenvalue weighted by Crippen LogP contribution is 2.35. The van der Waals surface area contributed by atoms with Crippen LogP contribution in [-0.4, -0.2) is 26.6 Å². The molecule has 3 aromatic rings. The molecule has 0 saturated heterocycles. The Morgan fingerprint density at radius 3 is 2.16 bits per heavy atom. The second-order valence-corrected chi connectivity index (χ2v) is 7.78. The van der Waals surface area contributed by atoms with Crippen molar-refractivity contribution in [3.63, 3.8) is 0 Å². The average Bonchev–Trinajstić information content (AvgIpc) is 2.78. The van der Waals surface area contributed by atoms with Crippen LogP contribution in [0.1, 0.15) is 15.9 Å². The molecule has 37 heavy (non-hydrogen) atoms. The maximum absolute atomic E-state index is 13.3. The fraction of sp³-hybridized carbons (Fsp3) is 0.143. The van der Waals surface area contributed by atoms with Crippen LogP contribution in [-0.2, 0) is 17.4 Å². The maximum atomic E-state index is 13.3. The first-order valence-electron chi connectivity index (χ1n) is 9.79. The summed E-state index contributed by atoms with van der Waals surface area (Å²) >= 11 is 0. The Balaban J connectivity index is 1.86. The molecule has 3 rings (SSSR count). The topological polar surface area (TPSA) is 119 Å². The zero-order valence-electron chi connectivity index (χ0n) is 18.1. The molecule has 1 aromatic heterocycles. The normalized spacial score (nSPS) is 11.9. The smallest absolute Gasteiger partial charge is 0.457 e. The molecule has 16 heteroatoms. The van der Waals surface area contributed by atoms with Crippen molar-refractivity contribution in [2.45, 2.75) is 19.3 Å². The Hall–Kier alpha value is -3.65. The fourth-order valence-corrected chi connectivity index (χ4v) is 3.04. The van der Waals surface area contributed by atoms with Gasteiger partial charge in [-0.05, 0) is 48.5 Å². The van der Waals surface area contributed by atoms with Crippen molar-refractivity contribution in [2.75, 3.05) is 5.32 Å². The van der Waals surface area contributed by atoms with Crippen molar-refractivity contribution < 1.29 is 54.9 Å². The van der Waals surface area contributed by atoms with Crippen LogP contribution in [0.4, 0.5) is 32.0 Å². The summed E-state index contributed by atoms with van der Waals surface area (Å²) in [4.78, 5) is 42.4. The van der Waals surface area contributed by atoms with Crippen molar-refractivity contribution in [1.29, 1.82) is 0 Å². The van der Waals surface area contributed by atoms with Crippen LogP contribution >= 0.6 is 8.60 Å². The van der Waals surface area contributed by atoms with E-state index in [1.807, 2.05) is 0 Å². The predicted octanol–water partition coefficient (Wildman–Crippen LogP) is 5.00. The standard InChI is InChI=1S/C21H15F6N2O7P/c22-20(23,24)12-1-6-17(35-14-2-4-15(5-3-14)36-21(25,26)27)16(9-12)19(31)28-13-7-8-29(18(30)10-13)11-34-37(32)33/h1-10,32-33H,11H2,(H,28,31). The van der Waals surface area contributed by atoms with Crippen LogP contribution in [0.15, 0.2) is 65.6 Å². The number of benzene rings is 2. The minimum absolute atomic E-state index is 0.112. The Kier molecular flexibility index (Phi) is 8.43. The zero-order valence-corrected chi connectivity index (χ0v) is 19.0. The van der Waals surface area contributed by atoms with E-state index >= 15 is 0 Å². The lowest BCUT2D eigenvalue weighted by Crippen LogP contribution is -2.21. The van der Waals surface area contributed by atoms with Gasteiger partial charge < -0.3 is 24.6 Å². The van der Waals surface area contributed by atoms with Gasteiger partial charge in [0.2, 0.25) is 0 Å². The van der Waals surface area contributed by atoms with Crippen LogP contribution in [0.2, 0.25) is 0 Å². The lowest BCUT2D eigenvalue weighted by atomic mass is 10.1. The molecule has 3 N–H and O–H groups in total. The molecule has 0 unspecified atom stereocenters. The minimum atomic E-state index is -4.93. The maximum Gasteiger partial charge on any atom is 0.573 e. The number of halogens is 6. The molecule has 9 nitrogen and oxygen atoms in total. The van der Waals surface area contributed by atoms with Crippen LogP contribution in [0.5, 0.6) is 17.2 Å². The zero-order chi connectivity index (χ0) is 27.4. The molecule has 0 spiro atoms. The van der Waals surface area contributed by atoms with Gasteiger partial charge in [-0.15, -0.1) is 13.2 Å². The third-order valence-electron chi connectivity index (χ3n) is 4.40. The molecule has 0 saturated carbocycles. The number of hydrogen-bond acceptors (Lipinski definition) is 7. The molecule has 0 radical (unpaired) electrons. The third-order valence-corrected chi connectivity index (χ3v) is 4.75. The van der Waals surface area contributed by atoms with Gasteiger partial charge in [-0.3, -0.25) is 18.7 Å². The second kappa shape index (κ2) is 11.2. The molecule has 2 aromatic carbocycles. The summed E-state index contributed by atoms with van der Waals surface area (Å²) in [7, 11) is -2.73. The molecule has 1 heterocycles. The van der Waals surface area contributed by atoms with Gasteiger partial charge in [-0.2, -0.15) is 13.2 Å². The van der Waals surface area contributed by atoms with E-state index in [-0.39, 0.29) is 17.2 Å². The molecule has 0 aliphatic heterocycles. The van der Waals surface area contributed by atoms with E-state index in [0.29, 0.717) is 12.1 Å². The van der Waals surface area contributed by atoms with Crippen molar-refractivity contribution in [3.8, 4) is 17.2 Å². The van der Waals surface area contributed by atoms with Gasteiger partial charge in [-0.1, -0.05) is 0 Å². The van der Waals surface area contributed by atoms with Crippen molar-refractivity contribution in [2.24, 2.45) is 0 Å². The van der Waals surface area contributed by atoms with E-state index in [4.69, 9.17) is 14.5 Å². The Labute approximate surface area is 204 Å². The van der Waals surface area contributed by atoms with E-state index in [1.165, 1.54) is 6.07 Å². The summed E-state index contributed by atoms with van der Waals surface area (Å²) in [6.07, 6.45) is -8.62. The minimum Gasteiger partial charge on any atom is -0.457 e. The van der Waals surface area contributed by atoms with Crippen LogP contribution in [0, 0.1) is 0 Å². The number of ether oxygens (including phenoxy) is 2. The van der Waals surface area contributed by atoms with Gasteiger partial charge in [0.25, 0.3) is 11.5 Å². The number of alkyl halides is 6. The van der Waals surface area contributed by atoms with Crippen LogP contribution in [0.25, 0.3) is 0 Å². The average molecular weight is 552 g/mol. The van der Waals surface area contributed by atoms with E-state index in [9.17, 15) is 35.9 Å². The third kappa shape index (κ3) is 8.18. The number of carbonyl (C=O) groups excluding carboxylic acids is 1. The van der Waals surface area contributed by atoms with Crippen molar-refractivity contribution in [1.82, 2.24) is 4.57 Å². The van der Waals surface area contributed by atoms with Gasteiger partial charge >= 0.3 is 21.1 Å². The summed E-state index contributed by atoms with van der Waals surface area (Å²) in [5, 5.41) is 2.25. The first kappa shape index (κ1) is 27.9. The fourth-order valence-electron chi connectivity index (χ4n) is 2.81. The van der Waals surface area contributed by atoms with Crippen LogP contribution in [0.3, 0.4) is 0 Å². The number of nitrogens with one attached hydrogen (secondary N) is 1. The highest BCUT2D eigenvalue weighted by atomic mass is 31.2. The number of hydrogen-bond donors (Lipinski definition) is 3. The lowest BCUT2D eigenvalue weighted by Gasteiger charge is -2.15. The van der Waals surface area contributed by atoms with Gasteiger partial charge in [0, 0.05) is 18.0 Å². The first-order valence-corrected chi connectivity index (χ1v) is 11.0. The summed E-state index contributed by atoms with van der Waals surface area (Å²) < 4.78 is 91.3. The highest BCUT2D eigenvalue weighted by Gasteiger charge is 2.33. The Morgan fingerprint density at radius 1 is 0.946 bits per heavy atom. The summed E-state index contributed by atoms with van der Waals surface area (Å²) in [5.74, 6) is -2.14. The Bertz CT molecular complexity index is 1310.